The van der Waals surface area contributed by atoms with Crippen molar-refractivity contribution in [2.45, 2.75) is 45.6 Å². The molecule has 2 aliphatic rings. The van der Waals surface area contributed by atoms with Crippen molar-refractivity contribution in [2.24, 2.45) is 11.8 Å². The van der Waals surface area contributed by atoms with E-state index >= 15 is 0 Å². The molecule has 0 aromatic rings. The van der Waals surface area contributed by atoms with Crippen LogP contribution in [0, 0.1) is 11.8 Å². The van der Waals surface area contributed by atoms with Crippen molar-refractivity contribution in [3.05, 3.63) is 0 Å². The molecule has 0 aromatic heterocycles. The highest BCUT2D eigenvalue weighted by Gasteiger charge is 2.27. The predicted molar refractivity (Wildman–Crippen MR) is 65.0 cm³/mol. The molecule has 0 aromatic carbocycles. The number of likely N-dealkylation sites (tertiary alicyclic amines) is 1. The maximum absolute atomic E-state index is 3.47. The Balaban J connectivity index is 1.77. The summed E-state index contributed by atoms with van der Waals surface area (Å²) in [5.41, 5.74) is 0. The number of nitrogens with one attached hydrogen (secondary N) is 1. The molecule has 0 amide bonds. The number of piperidine rings is 2. The van der Waals surface area contributed by atoms with Crippen molar-refractivity contribution in [1.82, 2.24) is 10.2 Å². The SMILES string of the molecule is CC(C)N1CCC(C2CCNCC2)CC1. The van der Waals surface area contributed by atoms with E-state index in [4.69, 9.17) is 0 Å². The molecule has 0 atom stereocenters. The van der Waals surface area contributed by atoms with Gasteiger partial charge < -0.3 is 10.2 Å². The standard InChI is InChI=1S/C13H26N2/c1-11(2)15-9-5-13(6-10-15)12-3-7-14-8-4-12/h11-14H,3-10H2,1-2H3. The highest BCUT2D eigenvalue weighted by molar-refractivity contribution is 4.81. The summed E-state index contributed by atoms with van der Waals surface area (Å²) >= 11 is 0. The van der Waals surface area contributed by atoms with Crippen LogP contribution >= 0.6 is 0 Å². The first kappa shape index (κ1) is 11.4. The maximum atomic E-state index is 3.47. The van der Waals surface area contributed by atoms with E-state index in [-0.39, 0.29) is 0 Å². The summed E-state index contributed by atoms with van der Waals surface area (Å²) in [7, 11) is 0. The molecule has 0 bridgehead atoms. The fourth-order valence-corrected chi connectivity index (χ4v) is 3.22. The van der Waals surface area contributed by atoms with Crippen LogP contribution in [-0.4, -0.2) is 37.1 Å². The quantitative estimate of drug-likeness (QED) is 0.751. The molecule has 15 heavy (non-hydrogen) atoms. The first-order valence-corrected chi connectivity index (χ1v) is 6.72. The third-order valence-electron chi connectivity index (χ3n) is 4.35. The van der Waals surface area contributed by atoms with Gasteiger partial charge in [0.1, 0.15) is 0 Å². The van der Waals surface area contributed by atoms with Gasteiger partial charge in [-0.15, -0.1) is 0 Å². The fraction of sp³-hybridized carbons (Fsp3) is 1.00. The van der Waals surface area contributed by atoms with Crippen molar-refractivity contribution < 1.29 is 0 Å². The van der Waals surface area contributed by atoms with Gasteiger partial charge in [0.15, 0.2) is 0 Å². The van der Waals surface area contributed by atoms with Gasteiger partial charge in [-0.05, 0) is 77.5 Å². The van der Waals surface area contributed by atoms with Crippen LogP contribution in [0.1, 0.15) is 39.5 Å². The Kier molecular flexibility index (Phi) is 4.04. The number of hydrogen-bond donors (Lipinski definition) is 1. The number of nitrogens with zero attached hydrogens (tertiary/aromatic N) is 1. The average molecular weight is 210 g/mol. The zero-order valence-corrected chi connectivity index (χ0v) is 10.3. The summed E-state index contributed by atoms with van der Waals surface area (Å²) in [5, 5.41) is 3.47. The third kappa shape index (κ3) is 2.94. The van der Waals surface area contributed by atoms with Gasteiger partial charge in [0, 0.05) is 6.04 Å². The van der Waals surface area contributed by atoms with E-state index in [1.54, 1.807) is 0 Å². The van der Waals surface area contributed by atoms with Crippen LogP contribution in [0.3, 0.4) is 0 Å². The molecule has 2 saturated heterocycles. The largest absolute Gasteiger partial charge is 0.317 e. The van der Waals surface area contributed by atoms with Gasteiger partial charge in [0.05, 0.1) is 0 Å². The van der Waals surface area contributed by atoms with Gasteiger partial charge in [0.2, 0.25) is 0 Å². The summed E-state index contributed by atoms with van der Waals surface area (Å²) in [6, 6.07) is 0.749. The highest BCUT2D eigenvalue weighted by atomic mass is 15.1. The lowest BCUT2D eigenvalue weighted by Crippen LogP contribution is -2.42. The van der Waals surface area contributed by atoms with Crippen LogP contribution in [-0.2, 0) is 0 Å². The molecular formula is C13H26N2. The molecule has 0 spiro atoms. The average Bonchev–Trinajstić information content (AvgIpc) is 2.30. The molecule has 0 saturated carbocycles. The van der Waals surface area contributed by atoms with E-state index in [0.717, 1.165) is 17.9 Å². The van der Waals surface area contributed by atoms with Crippen molar-refractivity contribution in [3.63, 3.8) is 0 Å². The van der Waals surface area contributed by atoms with Crippen LogP contribution in [0.4, 0.5) is 0 Å². The van der Waals surface area contributed by atoms with Gasteiger partial charge in [-0.25, -0.2) is 0 Å². The Morgan fingerprint density at radius 1 is 0.933 bits per heavy atom. The molecule has 2 heterocycles. The molecule has 0 unspecified atom stereocenters. The minimum Gasteiger partial charge on any atom is -0.317 e. The number of rotatable bonds is 2. The van der Waals surface area contributed by atoms with E-state index in [1.165, 1.54) is 51.9 Å². The molecule has 2 fully saturated rings. The second-order valence-electron chi connectivity index (χ2n) is 5.55. The van der Waals surface area contributed by atoms with E-state index in [9.17, 15) is 0 Å². The molecule has 2 nitrogen and oxygen atoms in total. The first-order chi connectivity index (χ1) is 7.27. The lowest BCUT2D eigenvalue weighted by Gasteiger charge is -2.39. The second-order valence-corrected chi connectivity index (χ2v) is 5.55. The topological polar surface area (TPSA) is 15.3 Å². The van der Waals surface area contributed by atoms with E-state index < -0.39 is 0 Å². The van der Waals surface area contributed by atoms with E-state index in [1.807, 2.05) is 0 Å². The van der Waals surface area contributed by atoms with Crippen molar-refractivity contribution in [2.75, 3.05) is 26.2 Å². The lowest BCUT2D eigenvalue weighted by molar-refractivity contribution is 0.109. The third-order valence-corrected chi connectivity index (χ3v) is 4.35. The van der Waals surface area contributed by atoms with Gasteiger partial charge in [0.25, 0.3) is 0 Å². The smallest absolute Gasteiger partial charge is 0.00385 e. The molecule has 88 valence electrons. The van der Waals surface area contributed by atoms with Gasteiger partial charge in [-0.3, -0.25) is 0 Å². The summed E-state index contributed by atoms with van der Waals surface area (Å²) < 4.78 is 0. The van der Waals surface area contributed by atoms with Crippen LogP contribution in [0.2, 0.25) is 0 Å². The van der Waals surface area contributed by atoms with Crippen LogP contribution in [0.15, 0.2) is 0 Å². The summed E-state index contributed by atoms with van der Waals surface area (Å²) in [4.78, 5) is 2.64. The Hall–Kier alpha value is -0.0800. The zero-order chi connectivity index (χ0) is 10.7. The van der Waals surface area contributed by atoms with Crippen LogP contribution in [0.25, 0.3) is 0 Å². The monoisotopic (exact) mass is 210 g/mol. The Morgan fingerprint density at radius 3 is 2.00 bits per heavy atom. The lowest BCUT2D eigenvalue weighted by atomic mass is 9.79. The zero-order valence-electron chi connectivity index (χ0n) is 10.3. The van der Waals surface area contributed by atoms with Crippen molar-refractivity contribution >= 4 is 0 Å². The maximum Gasteiger partial charge on any atom is 0.00385 e. The predicted octanol–water partition coefficient (Wildman–Crippen LogP) is 2.11. The van der Waals surface area contributed by atoms with Crippen LogP contribution < -0.4 is 5.32 Å². The van der Waals surface area contributed by atoms with Gasteiger partial charge in [-0.2, -0.15) is 0 Å². The molecule has 1 N–H and O–H groups in total. The Labute approximate surface area is 94.4 Å². The van der Waals surface area contributed by atoms with Crippen molar-refractivity contribution in [3.8, 4) is 0 Å². The molecular weight excluding hydrogens is 184 g/mol. The Bertz CT molecular complexity index is 177. The highest BCUT2D eigenvalue weighted by Crippen LogP contribution is 2.31. The first-order valence-electron chi connectivity index (χ1n) is 6.72. The molecule has 0 radical (unpaired) electrons. The van der Waals surface area contributed by atoms with Crippen LogP contribution in [0.5, 0.6) is 0 Å². The van der Waals surface area contributed by atoms with Gasteiger partial charge in [-0.1, -0.05) is 0 Å². The van der Waals surface area contributed by atoms with E-state index in [0.29, 0.717) is 0 Å². The summed E-state index contributed by atoms with van der Waals surface area (Å²) in [6.45, 7) is 9.85. The minimum absolute atomic E-state index is 0.749. The van der Waals surface area contributed by atoms with Crippen molar-refractivity contribution in [1.29, 1.82) is 0 Å². The van der Waals surface area contributed by atoms with Gasteiger partial charge >= 0.3 is 0 Å². The molecule has 0 aliphatic carbocycles. The molecule has 2 rings (SSSR count). The number of hydrogen-bond acceptors (Lipinski definition) is 2. The normalized spacial score (nSPS) is 27.4. The fourth-order valence-electron chi connectivity index (χ4n) is 3.22. The summed E-state index contributed by atoms with van der Waals surface area (Å²) in [6.07, 6.45) is 5.74. The Morgan fingerprint density at radius 2 is 1.47 bits per heavy atom. The molecule has 2 heteroatoms. The molecule has 2 aliphatic heterocycles. The summed E-state index contributed by atoms with van der Waals surface area (Å²) in [5.74, 6) is 2.06. The minimum atomic E-state index is 0.749. The second kappa shape index (κ2) is 5.31. The van der Waals surface area contributed by atoms with E-state index in [2.05, 4.69) is 24.1 Å².